The Morgan fingerprint density at radius 3 is 2.56 bits per heavy atom. The standard InChI is InChI=1S/C31H35ClN6O7/c1-19-13-27(37-45-19)36-30(40)35-23-6-5-20(14-22(23)32)44-29-21-15-25(42-4)26(16-24(21)33-18-34-29)43-12-7-28(39)38-10-8-31(2,9-11-38)17-41-3/h5-6,13-16,18H,7-12,17H2,1-4H3,(H2,35,36,37,40). The Morgan fingerprint density at radius 2 is 1.87 bits per heavy atom. The molecule has 238 valence electrons. The Morgan fingerprint density at radius 1 is 1.07 bits per heavy atom. The van der Waals surface area contributed by atoms with E-state index in [4.69, 9.17) is 35.1 Å². The summed E-state index contributed by atoms with van der Waals surface area (Å²) in [4.78, 5) is 35.7. The van der Waals surface area contributed by atoms with Crippen molar-refractivity contribution in [3.05, 3.63) is 53.5 Å². The highest BCUT2D eigenvalue weighted by molar-refractivity contribution is 6.34. The molecule has 0 atom stereocenters. The fourth-order valence-corrected chi connectivity index (χ4v) is 5.27. The summed E-state index contributed by atoms with van der Waals surface area (Å²) in [5.41, 5.74) is 1.02. The number of ether oxygens (including phenoxy) is 4. The van der Waals surface area contributed by atoms with Crippen molar-refractivity contribution in [2.24, 2.45) is 5.41 Å². The van der Waals surface area contributed by atoms with Crippen molar-refractivity contribution in [3.8, 4) is 23.1 Å². The van der Waals surface area contributed by atoms with Crippen molar-refractivity contribution in [1.29, 1.82) is 0 Å². The van der Waals surface area contributed by atoms with Crippen LogP contribution in [-0.4, -0.2) is 72.5 Å². The van der Waals surface area contributed by atoms with Gasteiger partial charge in [-0.1, -0.05) is 23.7 Å². The van der Waals surface area contributed by atoms with Gasteiger partial charge in [-0.3, -0.25) is 10.1 Å². The molecule has 1 fully saturated rings. The lowest BCUT2D eigenvalue weighted by atomic mass is 9.81. The van der Waals surface area contributed by atoms with Crippen LogP contribution in [0.1, 0.15) is 31.9 Å². The van der Waals surface area contributed by atoms with E-state index in [0.717, 1.165) is 12.8 Å². The molecular formula is C31H35ClN6O7. The quantitative estimate of drug-likeness (QED) is 0.198. The maximum atomic E-state index is 12.8. The largest absolute Gasteiger partial charge is 0.493 e. The van der Waals surface area contributed by atoms with Crippen molar-refractivity contribution in [3.63, 3.8) is 0 Å². The number of hydrogen-bond donors (Lipinski definition) is 2. The van der Waals surface area contributed by atoms with E-state index in [1.165, 1.54) is 13.4 Å². The highest BCUT2D eigenvalue weighted by Crippen LogP contribution is 2.37. The van der Waals surface area contributed by atoms with Crippen LogP contribution in [0.4, 0.5) is 16.3 Å². The van der Waals surface area contributed by atoms with E-state index in [9.17, 15) is 9.59 Å². The predicted molar refractivity (Wildman–Crippen MR) is 167 cm³/mol. The average Bonchev–Trinajstić information content (AvgIpc) is 3.42. The Bertz CT molecular complexity index is 1670. The molecule has 3 heterocycles. The summed E-state index contributed by atoms with van der Waals surface area (Å²) in [5.74, 6) is 2.43. The first kappa shape index (κ1) is 31.8. The van der Waals surface area contributed by atoms with Gasteiger partial charge >= 0.3 is 6.03 Å². The number of anilines is 2. The lowest BCUT2D eigenvalue weighted by Gasteiger charge is -2.39. The number of nitrogens with zero attached hydrogens (tertiary/aromatic N) is 4. The molecule has 2 aromatic carbocycles. The predicted octanol–water partition coefficient (Wildman–Crippen LogP) is 6.07. The Hall–Kier alpha value is -4.62. The van der Waals surface area contributed by atoms with Gasteiger partial charge in [0.15, 0.2) is 17.3 Å². The maximum Gasteiger partial charge on any atom is 0.324 e. The van der Waals surface area contributed by atoms with E-state index in [1.807, 2.05) is 4.90 Å². The van der Waals surface area contributed by atoms with Crippen LogP contribution in [0.15, 0.2) is 47.2 Å². The number of piperidine rings is 1. The van der Waals surface area contributed by atoms with Crippen LogP contribution in [-0.2, 0) is 9.53 Å². The van der Waals surface area contributed by atoms with Crippen molar-refractivity contribution in [2.75, 3.05) is 51.2 Å². The molecule has 1 aliphatic rings. The van der Waals surface area contributed by atoms with Gasteiger partial charge in [0.2, 0.25) is 11.8 Å². The molecule has 3 amide bonds. The lowest BCUT2D eigenvalue weighted by Crippen LogP contribution is -2.44. The minimum Gasteiger partial charge on any atom is -0.493 e. The number of carbonyl (C=O) groups excluding carboxylic acids is 2. The molecule has 4 aromatic rings. The molecule has 0 spiro atoms. The van der Waals surface area contributed by atoms with E-state index in [0.29, 0.717) is 59.3 Å². The molecule has 45 heavy (non-hydrogen) atoms. The molecule has 0 bridgehead atoms. The first-order valence-corrected chi connectivity index (χ1v) is 14.7. The number of likely N-dealkylation sites (tertiary alicyclic amines) is 1. The zero-order chi connectivity index (χ0) is 32.0. The molecule has 5 rings (SSSR count). The van der Waals surface area contributed by atoms with Gasteiger partial charge in [-0.15, -0.1) is 0 Å². The summed E-state index contributed by atoms with van der Waals surface area (Å²) >= 11 is 6.42. The summed E-state index contributed by atoms with van der Waals surface area (Å²) in [5, 5.41) is 9.76. The van der Waals surface area contributed by atoms with Gasteiger partial charge < -0.3 is 33.7 Å². The number of aryl methyl sites for hydroxylation is 1. The third kappa shape index (κ3) is 7.91. The molecule has 0 unspecified atom stereocenters. The van der Waals surface area contributed by atoms with E-state index < -0.39 is 6.03 Å². The second-order valence-electron chi connectivity index (χ2n) is 11.1. The van der Waals surface area contributed by atoms with Gasteiger partial charge in [0.25, 0.3) is 0 Å². The number of urea groups is 1. The average molecular weight is 639 g/mol. The number of halogens is 1. The molecular weight excluding hydrogens is 604 g/mol. The number of rotatable bonds is 11. The minimum atomic E-state index is -0.535. The number of amides is 3. The molecule has 2 aromatic heterocycles. The zero-order valence-electron chi connectivity index (χ0n) is 25.5. The Kier molecular flexibility index (Phi) is 9.89. The number of carbonyl (C=O) groups is 2. The van der Waals surface area contributed by atoms with Crippen LogP contribution < -0.4 is 24.8 Å². The number of methoxy groups -OCH3 is 2. The van der Waals surface area contributed by atoms with Gasteiger partial charge in [-0.25, -0.2) is 14.8 Å². The van der Waals surface area contributed by atoms with E-state index in [1.54, 1.807) is 50.4 Å². The van der Waals surface area contributed by atoms with Crippen LogP contribution >= 0.6 is 11.6 Å². The van der Waals surface area contributed by atoms with Gasteiger partial charge in [-0.05, 0) is 43.4 Å². The number of benzene rings is 2. The van der Waals surface area contributed by atoms with E-state index in [-0.39, 0.29) is 41.1 Å². The third-order valence-corrected chi connectivity index (χ3v) is 7.86. The normalized spacial score (nSPS) is 14.2. The molecule has 0 saturated carbocycles. The third-order valence-electron chi connectivity index (χ3n) is 7.55. The smallest absolute Gasteiger partial charge is 0.324 e. The van der Waals surface area contributed by atoms with E-state index >= 15 is 0 Å². The number of nitrogens with one attached hydrogen (secondary N) is 2. The molecule has 2 N–H and O–H groups in total. The molecule has 0 aliphatic carbocycles. The number of aromatic nitrogens is 3. The summed E-state index contributed by atoms with van der Waals surface area (Å²) in [6.45, 7) is 6.22. The van der Waals surface area contributed by atoms with Crippen LogP contribution in [0.2, 0.25) is 5.02 Å². The van der Waals surface area contributed by atoms with Crippen LogP contribution in [0.25, 0.3) is 10.9 Å². The molecule has 13 nitrogen and oxygen atoms in total. The monoisotopic (exact) mass is 638 g/mol. The van der Waals surface area contributed by atoms with Gasteiger partial charge in [0.05, 0.1) is 48.4 Å². The Labute approximate surface area is 265 Å². The fraction of sp³-hybridized carbons (Fsp3) is 0.387. The van der Waals surface area contributed by atoms with Crippen molar-refractivity contribution < 1.29 is 33.1 Å². The minimum absolute atomic E-state index is 0.0535. The molecule has 1 saturated heterocycles. The molecule has 14 heteroatoms. The lowest BCUT2D eigenvalue weighted by molar-refractivity contribution is -0.134. The second kappa shape index (κ2) is 14.0. The Balaban J connectivity index is 1.21. The van der Waals surface area contributed by atoms with Crippen LogP contribution in [0, 0.1) is 12.3 Å². The summed E-state index contributed by atoms with van der Waals surface area (Å²) in [7, 11) is 3.24. The van der Waals surface area contributed by atoms with Gasteiger partial charge in [0, 0.05) is 38.4 Å². The molecule has 0 radical (unpaired) electrons. The summed E-state index contributed by atoms with van der Waals surface area (Å²) < 4.78 is 27.9. The van der Waals surface area contributed by atoms with Crippen LogP contribution in [0.5, 0.6) is 23.1 Å². The first-order valence-electron chi connectivity index (χ1n) is 14.4. The van der Waals surface area contributed by atoms with E-state index in [2.05, 4.69) is 32.7 Å². The highest BCUT2D eigenvalue weighted by Gasteiger charge is 2.31. The fourth-order valence-electron chi connectivity index (χ4n) is 5.06. The van der Waals surface area contributed by atoms with Crippen molar-refractivity contribution >= 4 is 45.9 Å². The molecule has 1 aliphatic heterocycles. The first-order chi connectivity index (χ1) is 21.7. The van der Waals surface area contributed by atoms with Gasteiger partial charge in [-0.2, -0.15) is 0 Å². The topological polar surface area (TPSA) is 150 Å². The SMILES string of the molecule is COCC1(C)CCN(C(=O)CCOc2cc3ncnc(Oc4ccc(NC(=O)Nc5cc(C)on5)c(Cl)c4)c3cc2OC)CC1. The highest BCUT2D eigenvalue weighted by atomic mass is 35.5. The summed E-state index contributed by atoms with van der Waals surface area (Å²) in [6, 6.07) is 9.29. The van der Waals surface area contributed by atoms with Gasteiger partial charge in [0.1, 0.15) is 17.8 Å². The second-order valence-corrected chi connectivity index (χ2v) is 11.5. The number of hydrogen-bond acceptors (Lipinski definition) is 10. The summed E-state index contributed by atoms with van der Waals surface area (Å²) in [6.07, 6.45) is 3.43. The van der Waals surface area contributed by atoms with Crippen molar-refractivity contribution in [2.45, 2.75) is 33.1 Å². The van der Waals surface area contributed by atoms with Crippen molar-refractivity contribution in [1.82, 2.24) is 20.0 Å². The van der Waals surface area contributed by atoms with Crippen LogP contribution in [0.3, 0.4) is 0 Å². The number of fused-ring (bicyclic) bond motifs is 1. The zero-order valence-corrected chi connectivity index (χ0v) is 26.3. The maximum absolute atomic E-state index is 12.8.